The first-order valence-corrected chi connectivity index (χ1v) is 6.35. The molecule has 4 heteroatoms. The largest absolute Gasteiger partial charge is 0.494 e. The minimum absolute atomic E-state index is 0.692. The van der Waals surface area contributed by atoms with Crippen LogP contribution in [-0.2, 0) is 6.42 Å². The van der Waals surface area contributed by atoms with Gasteiger partial charge in [0.15, 0.2) is 0 Å². The van der Waals surface area contributed by atoms with Gasteiger partial charge in [-0.05, 0) is 31.0 Å². The summed E-state index contributed by atoms with van der Waals surface area (Å²) < 4.78 is 5.36. The van der Waals surface area contributed by atoms with Gasteiger partial charge in [0.25, 0.3) is 0 Å². The number of fused-ring (bicyclic) bond motifs is 1. The lowest BCUT2D eigenvalue weighted by Crippen LogP contribution is -2.02. The Morgan fingerprint density at radius 2 is 2.11 bits per heavy atom. The second-order valence-electron chi connectivity index (χ2n) is 4.13. The summed E-state index contributed by atoms with van der Waals surface area (Å²) in [5.41, 5.74) is 4.06. The van der Waals surface area contributed by atoms with E-state index in [9.17, 15) is 0 Å². The maximum atomic E-state index is 6.32. The highest BCUT2D eigenvalue weighted by molar-refractivity contribution is 6.36. The number of methoxy groups -OCH3 is 1. The lowest BCUT2D eigenvalue weighted by molar-refractivity contribution is 0.419. The SMILES string of the molecule is CCc1c(C)nc2c(OC)ccc(Cl)c2c1NC. The predicted octanol–water partition coefficient (Wildman–Crippen LogP) is 3.81. The third-order valence-corrected chi connectivity index (χ3v) is 3.50. The Balaban J connectivity index is 2.96. The number of benzene rings is 1. The normalized spacial score (nSPS) is 10.7. The summed E-state index contributed by atoms with van der Waals surface area (Å²) >= 11 is 6.32. The van der Waals surface area contributed by atoms with Crippen LogP contribution in [0.5, 0.6) is 5.75 Å². The van der Waals surface area contributed by atoms with Crippen LogP contribution in [0, 0.1) is 6.92 Å². The number of hydrogen-bond donors (Lipinski definition) is 1. The lowest BCUT2D eigenvalue weighted by atomic mass is 10.0. The maximum absolute atomic E-state index is 6.32. The summed E-state index contributed by atoms with van der Waals surface area (Å²) in [6.45, 7) is 4.13. The molecule has 0 aliphatic rings. The zero-order valence-corrected chi connectivity index (χ0v) is 11.9. The van der Waals surface area contributed by atoms with Gasteiger partial charge < -0.3 is 10.1 Å². The van der Waals surface area contributed by atoms with E-state index in [1.165, 1.54) is 5.56 Å². The minimum atomic E-state index is 0.692. The molecule has 2 rings (SSSR count). The molecular formula is C14H17ClN2O. The molecule has 0 atom stereocenters. The molecule has 0 saturated heterocycles. The van der Waals surface area contributed by atoms with Crippen molar-refractivity contribution >= 4 is 28.2 Å². The van der Waals surface area contributed by atoms with Crippen LogP contribution in [0.1, 0.15) is 18.2 Å². The topological polar surface area (TPSA) is 34.1 Å². The Labute approximate surface area is 112 Å². The minimum Gasteiger partial charge on any atom is -0.494 e. The highest BCUT2D eigenvalue weighted by Crippen LogP contribution is 2.38. The number of aryl methyl sites for hydroxylation is 1. The van der Waals surface area contributed by atoms with Crippen LogP contribution >= 0.6 is 11.6 Å². The fourth-order valence-corrected chi connectivity index (χ4v) is 2.58. The number of anilines is 1. The Morgan fingerprint density at radius 3 is 2.67 bits per heavy atom. The van der Waals surface area contributed by atoms with Gasteiger partial charge in [0.2, 0.25) is 0 Å². The molecule has 0 saturated carbocycles. The van der Waals surface area contributed by atoms with Crippen molar-refractivity contribution in [3.63, 3.8) is 0 Å². The Morgan fingerprint density at radius 1 is 1.39 bits per heavy atom. The molecule has 0 spiro atoms. The number of aromatic nitrogens is 1. The van der Waals surface area contributed by atoms with Gasteiger partial charge in [0.05, 0.1) is 12.1 Å². The molecule has 1 heterocycles. The van der Waals surface area contributed by atoms with E-state index in [0.717, 1.165) is 34.5 Å². The number of pyridine rings is 1. The summed E-state index contributed by atoms with van der Waals surface area (Å²) in [5.74, 6) is 0.747. The second kappa shape index (κ2) is 5.02. The molecule has 0 fully saturated rings. The van der Waals surface area contributed by atoms with Crippen molar-refractivity contribution in [3.8, 4) is 5.75 Å². The Bertz CT molecular complexity index is 596. The van der Waals surface area contributed by atoms with Crippen LogP contribution in [0.3, 0.4) is 0 Å². The van der Waals surface area contributed by atoms with Gasteiger partial charge in [-0.3, -0.25) is 0 Å². The van der Waals surface area contributed by atoms with Crippen LogP contribution in [0.4, 0.5) is 5.69 Å². The summed E-state index contributed by atoms with van der Waals surface area (Å²) in [6.07, 6.45) is 0.915. The highest BCUT2D eigenvalue weighted by Gasteiger charge is 2.15. The first kappa shape index (κ1) is 13.0. The average Bonchev–Trinajstić information content (AvgIpc) is 2.37. The molecule has 0 aliphatic heterocycles. The summed E-state index contributed by atoms with van der Waals surface area (Å²) in [7, 11) is 3.55. The third kappa shape index (κ3) is 1.89. The van der Waals surface area contributed by atoms with Gasteiger partial charge in [0, 0.05) is 23.8 Å². The van der Waals surface area contributed by atoms with E-state index in [2.05, 4.69) is 17.2 Å². The Kier molecular flexibility index (Phi) is 3.62. The van der Waals surface area contributed by atoms with Crippen LogP contribution in [-0.4, -0.2) is 19.1 Å². The molecule has 1 aromatic carbocycles. The van der Waals surface area contributed by atoms with Crippen LogP contribution in [0.15, 0.2) is 12.1 Å². The molecule has 96 valence electrons. The standard InChI is InChI=1S/C14H17ClN2O/c1-5-9-8(2)17-14-11(18-4)7-6-10(15)12(14)13(9)16-3/h6-7H,5H2,1-4H3,(H,16,17). The Hall–Kier alpha value is -1.48. The molecule has 2 aromatic rings. The quantitative estimate of drug-likeness (QED) is 0.915. The van der Waals surface area contributed by atoms with Gasteiger partial charge in [-0.25, -0.2) is 4.98 Å². The molecule has 0 radical (unpaired) electrons. The second-order valence-corrected chi connectivity index (χ2v) is 4.53. The number of nitrogens with one attached hydrogen (secondary N) is 1. The molecule has 0 unspecified atom stereocenters. The van der Waals surface area contributed by atoms with Crippen molar-refractivity contribution < 1.29 is 4.74 Å². The van der Waals surface area contributed by atoms with E-state index < -0.39 is 0 Å². The van der Waals surface area contributed by atoms with E-state index in [-0.39, 0.29) is 0 Å². The number of nitrogens with zero attached hydrogens (tertiary/aromatic N) is 1. The van der Waals surface area contributed by atoms with Crippen molar-refractivity contribution in [3.05, 3.63) is 28.4 Å². The van der Waals surface area contributed by atoms with Crippen molar-refractivity contribution in [2.75, 3.05) is 19.5 Å². The summed E-state index contributed by atoms with van der Waals surface area (Å²) in [5, 5.41) is 4.87. The van der Waals surface area contributed by atoms with Gasteiger partial charge >= 0.3 is 0 Å². The van der Waals surface area contributed by atoms with E-state index in [1.807, 2.05) is 26.1 Å². The fraction of sp³-hybridized carbons (Fsp3) is 0.357. The van der Waals surface area contributed by atoms with E-state index >= 15 is 0 Å². The molecule has 0 amide bonds. The smallest absolute Gasteiger partial charge is 0.145 e. The number of ether oxygens (including phenoxy) is 1. The lowest BCUT2D eigenvalue weighted by Gasteiger charge is -2.16. The third-order valence-electron chi connectivity index (χ3n) is 3.18. The van der Waals surface area contributed by atoms with E-state index in [0.29, 0.717) is 5.02 Å². The average molecular weight is 265 g/mol. The zero-order chi connectivity index (χ0) is 13.3. The van der Waals surface area contributed by atoms with Crippen LogP contribution < -0.4 is 10.1 Å². The van der Waals surface area contributed by atoms with Crippen molar-refractivity contribution in [1.29, 1.82) is 0 Å². The molecule has 0 bridgehead atoms. The maximum Gasteiger partial charge on any atom is 0.145 e. The van der Waals surface area contributed by atoms with E-state index in [4.69, 9.17) is 16.3 Å². The summed E-state index contributed by atoms with van der Waals surface area (Å²) in [6, 6.07) is 3.70. The van der Waals surface area contributed by atoms with Crippen LogP contribution in [0.25, 0.3) is 10.9 Å². The molecule has 1 N–H and O–H groups in total. The number of rotatable bonds is 3. The van der Waals surface area contributed by atoms with Gasteiger partial charge in [-0.1, -0.05) is 18.5 Å². The van der Waals surface area contributed by atoms with E-state index in [1.54, 1.807) is 7.11 Å². The molecule has 1 aromatic heterocycles. The van der Waals surface area contributed by atoms with Gasteiger partial charge in [-0.15, -0.1) is 0 Å². The van der Waals surface area contributed by atoms with Crippen LogP contribution in [0.2, 0.25) is 5.02 Å². The molecule has 0 aliphatic carbocycles. The fourth-order valence-electron chi connectivity index (χ4n) is 2.34. The molecule has 3 nitrogen and oxygen atoms in total. The number of hydrogen-bond acceptors (Lipinski definition) is 3. The number of halogens is 1. The predicted molar refractivity (Wildman–Crippen MR) is 77.0 cm³/mol. The van der Waals surface area contributed by atoms with Gasteiger partial charge in [-0.2, -0.15) is 0 Å². The summed E-state index contributed by atoms with van der Waals surface area (Å²) in [4.78, 5) is 4.64. The van der Waals surface area contributed by atoms with Crippen molar-refractivity contribution in [2.45, 2.75) is 20.3 Å². The first-order valence-electron chi connectivity index (χ1n) is 5.97. The first-order chi connectivity index (χ1) is 8.63. The van der Waals surface area contributed by atoms with Crippen molar-refractivity contribution in [2.24, 2.45) is 0 Å². The highest BCUT2D eigenvalue weighted by atomic mass is 35.5. The monoisotopic (exact) mass is 264 g/mol. The van der Waals surface area contributed by atoms with Gasteiger partial charge in [0.1, 0.15) is 11.3 Å². The van der Waals surface area contributed by atoms with Crippen molar-refractivity contribution in [1.82, 2.24) is 4.98 Å². The molecule has 18 heavy (non-hydrogen) atoms. The zero-order valence-electron chi connectivity index (χ0n) is 11.1. The molecular weight excluding hydrogens is 248 g/mol.